The lowest BCUT2D eigenvalue weighted by Gasteiger charge is -2.38. The molecular weight excluding hydrogens is 346 g/mol. The third kappa shape index (κ3) is 7.31. The second kappa shape index (κ2) is 11.7. The standard InChI is InChI=1S/C21H31NO5/c1-3-26-20(23)12-13-22-14-18(21(24)27-4-2)10-11-19(22)16-25-15-17-8-6-5-7-9-17/h5-9,18-19H,3-4,10-16H2,1-2H3/t18-,19+/m0/s1. The van der Waals surface area contributed by atoms with Crippen LogP contribution in [0.3, 0.4) is 0 Å². The van der Waals surface area contributed by atoms with Crippen LogP contribution in [0.25, 0.3) is 0 Å². The van der Waals surface area contributed by atoms with Crippen LogP contribution in [0.1, 0.15) is 38.7 Å². The number of hydrogen-bond donors (Lipinski definition) is 0. The van der Waals surface area contributed by atoms with Gasteiger partial charge in [0.25, 0.3) is 0 Å². The summed E-state index contributed by atoms with van der Waals surface area (Å²) in [6.45, 7) is 6.69. The summed E-state index contributed by atoms with van der Waals surface area (Å²) in [4.78, 5) is 26.0. The van der Waals surface area contributed by atoms with Gasteiger partial charge in [0.15, 0.2) is 0 Å². The van der Waals surface area contributed by atoms with E-state index in [0.717, 1.165) is 18.4 Å². The summed E-state index contributed by atoms with van der Waals surface area (Å²) in [7, 11) is 0. The first-order chi connectivity index (χ1) is 13.1. The Hall–Kier alpha value is -1.92. The van der Waals surface area contributed by atoms with Crippen molar-refractivity contribution in [2.24, 2.45) is 5.92 Å². The fourth-order valence-corrected chi connectivity index (χ4v) is 3.37. The van der Waals surface area contributed by atoms with Gasteiger partial charge in [-0.1, -0.05) is 30.3 Å². The van der Waals surface area contributed by atoms with Crippen LogP contribution in [0.4, 0.5) is 0 Å². The van der Waals surface area contributed by atoms with Crippen LogP contribution in [0.15, 0.2) is 30.3 Å². The molecule has 0 aliphatic carbocycles. The Morgan fingerprint density at radius 1 is 1.07 bits per heavy atom. The molecule has 2 rings (SSSR count). The van der Waals surface area contributed by atoms with Gasteiger partial charge in [-0.15, -0.1) is 0 Å². The lowest BCUT2D eigenvalue weighted by atomic mass is 9.92. The molecule has 0 saturated carbocycles. The zero-order valence-corrected chi connectivity index (χ0v) is 16.4. The predicted molar refractivity (Wildman–Crippen MR) is 102 cm³/mol. The Kier molecular flexibility index (Phi) is 9.28. The van der Waals surface area contributed by atoms with Gasteiger partial charge in [-0.25, -0.2) is 0 Å². The Labute approximate surface area is 161 Å². The second-order valence-corrected chi connectivity index (χ2v) is 6.73. The highest BCUT2D eigenvalue weighted by Crippen LogP contribution is 2.24. The average Bonchev–Trinajstić information content (AvgIpc) is 2.68. The molecule has 1 heterocycles. The summed E-state index contributed by atoms with van der Waals surface area (Å²) < 4.78 is 16.1. The molecule has 0 radical (unpaired) electrons. The van der Waals surface area contributed by atoms with E-state index in [2.05, 4.69) is 4.90 Å². The number of likely N-dealkylation sites (tertiary alicyclic amines) is 1. The topological polar surface area (TPSA) is 65.1 Å². The Bertz CT molecular complexity index is 577. The Morgan fingerprint density at radius 3 is 2.52 bits per heavy atom. The third-order valence-electron chi connectivity index (χ3n) is 4.77. The lowest BCUT2D eigenvalue weighted by Crippen LogP contribution is -2.48. The molecule has 1 aliphatic rings. The smallest absolute Gasteiger partial charge is 0.310 e. The van der Waals surface area contributed by atoms with Gasteiger partial charge in [0, 0.05) is 19.1 Å². The molecule has 1 fully saturated rings. The van der Waals surface area contributed by atoms with Gasteiger partial charge in [-0.05, 0) is 32.3 Å². The zero-order valence-electron chi connectivity index (χ0n) is 16.4. The highest BCUT2D eigenvalue weighted by molar-refractivity contribution is 5.73. The molecule has 0 bridgehead atoms. The summed E-state index contributed by atoms with van der Waals surface area (Å²) in [5.74, 6) is -0.500. The molecular formula is C21H31NO5. The first kappa shape index (κ1) is 21.4. The fraction of sp³-hybridized carbons (Fsp3) is 0.619. The van der Waals surface area contributed by atoms with Crippen LogP contribution in [-0.2, 0) is 30.4 Å². The van der Waals surface area contributed by atoms with Crippen LogP contribution >= 0.6 is 0 Å². The number of piperidine rings is 1. The van der Waals surface area contributed by atoms with Crippen LogP contribution in [0.5, 0.6) is 0 Å². The van der Waals surface area contributed by atoms with Crippen molar-refractivity contribution in [3.8, 4) is 0 Å². The summed E-state index contributed by atoms with van der Waals surface area (Å²) in [6, 6.07) is 10.2. The van der Waals surface area contributed by atoms with Crippen LogP contribution in [-0.4, -0.2) is 55.8 Å². The minimum Gasteiger partial charge on any atom is -0.466 e. The van der Waals surface area contributed by atoms with E-state index in [1.807, 2.05) is 37.3 Å². The lowest BCUT2D eigenvalue weighted by molar-refractivity contribution is -0.151. The number of carbonyl (C=O) groups excluding carboxylic acids is 2. The number of hydrogen-bond acceptors (Lipinski definition) is 6. The van der Waals surface area contributed by atoms with E-state index in [4.69, 9.17) is 14.2 Å². The molecule has 1 aromatic carbocycles. The maximum Gasteiger partial charge on any atom is 0.310 e. The highest BCUT2D eigenvalue weighted by atomic mass is 16.5. The van der Waals surface area contributed by atoms with Crippen molar-refractivity contribution < 1.29 is 23.8 Å². The van der Waals surface area contributed by atoms with Crippen molar-refractivity contribution in [2.75, 3.05) is 32.9 Å². The Morgan fingerprint density at radius 2 is 1.81 bits per heavy atom. The summed E-state index contributed by atoms with van der Waals surface area (Å²) in [5, 5.41) is 0. The van der Waals surface area contributed by atoms with E-state index in [9.17, 15) is 9.59 Å². The summed E-state index contributed by atoms with van der Waals surface area (Å²) >= 11 is 0. The first-order valence-corrected chi connectivity index (χ1v) is 9.82. The van der Waals surface area contributed by atoms with Gasteiger partial charge in [-0.2, -0.15) is 0 Å². The molecule has 1 aliphatic heterocycles. The number of carbonyl (C=O) groups is 2. The van der Waals surface area contributed by atoms with E-state index < -0.39 is 0 Å². The molecule has 1 saturated heterocycles. The molecule has 6 nitrogen and oxygen atoms in total. The van der Waals surface area contributed by atoms with Gasteiger partial charge >= 0.3 is 11.9 Å². The van der Waals surface area contributed by atoms with Crippen molar-refractivity contribution >= 4 is 11.9 Å². The van der Waals surface area contributed by atoms with E-state index >= 15 is 0 Å². The maximum absolute atomic E-state index is 12.1. The van der Waals surface area contributed by atoms with Crippen molar-refractivity contribution in [3.05, 3.63) is 35.9 Å². The summed E-state index contributed by atoms with van der Waals surface area (Å²) in [6.07, 6.45) is 1.95. The highest BCUT2D eigenvalue weighted by Gasteiger charge is 2.33. The van der Waals surface area contributed by atoms with Crippen LogP contribution in [0.2, 0.25) is 0 Å². The quantitative estimate of drug-likeness (QED) is 0.584. The number of benzene rings is 1. The average molecular weight is 377 g/mol. The molecule has 150 valence electrons. The van der Waals surface area contributed by atoms with Crippen molar-refractivity contribution in [2.45, 2.75) is 45.8 Å². The monoisotopic (exact) mass is 377 g/mol. The van der Waals surface area contributed by atoms with Crippen LogP contribution < -0.4 is 0 Å². The van der Waals surface area contributed by atoms with E-state index in [1.54, 1.807) is 6.92 Å². The van der Waals surface area contributed by atoms with Gasteiger partial charge in [0.2, 0.25) is 0 Å². The molecule has 0 amide bonds. The molecule has 27 heavy (non-hydrogen) atoms. The molecule has 2 atom stereocenters. The second-order valence-electron chi connectivity index (χ2n) is 6.73. The van der Waals surface area contributed by atoms with Gasteiger partial charge < -0.3 is 14.2 Å². The predicted octanol–water partition coefficient (Wildman–Crippen LogP) is 2.80. The van der Waals surface area contributed by atoms with E-state index in [0.29, 0.717) is 45.9 Å². The first-order valence-electron chi connectivity index (χ1n) is 9.82. The molecule has 0 N–H and O–H groups in total. The van der Waals surface area contributed by atoms with Crippen molar-refractivity contribution in [3.63, 3.8) is 0 Å². The normalized spacial score (nSPS) is 20.2. The molecule has 6 heteroatoms. The third-order valence-corrected chi connectivity index (χ3v) is 4.77. The summed E-state index contributed by atoms with van der Waals surface area (Å²) in [5.41, 5.74) is 1.13. The number of ether oxygens (including phenoxy) is 3. The van der Waals surface area contributed by atoms with E-state index in [1.165, 1.54) is 0 Å². The molecule has 0 unspecified atom stereocenters. The van der Waals surface area contributed by atoms with Gasteiger partial charge in [-0.3, -0.25) is 14.5 Å². The largest absolute Gasteiger partial charge is 0.466 e. The minimum atomic E-state index is -0.209. The fourth-order valence-electron chi connectivity index (χ4n) is 3.37. The molecule has 1 aromatic rings. The van der Waals surface area contributed by atoms with Gasteiger partial charge in [0.1, 0.15) is 0 Å². The minimum absolute atomic E-state index is 0.141. The zero-order chi connectivity index (χ0) is 19.5. The van der Waals surface area contributed by atoms with Crippen molar-refractivity contribution in [1.29, 1.82) is 0 Å². The number of esters is 2. The maximum atomic E-state index is 12.1. The van der Waals surface area contributed by atoms with Crippen molar-refractivity contribution in [1.82, 2.24) is 4.90 Å². The SMILES string of the molecule is CCOC(=O)CCN1C[C@@H](C(=O)OCC)CC[C@@H]1COCc1ccccc1. The Balaban J connectivity index is 1.89. The van der Waals surface area contributed by atoms with E-state index in [-0.39, 0.29) is 23.9 Å². The number of rotatable bonds is 10. The number of nitrogens with zero attached hydrogens (tertiary/aromatic N) is 1. The molecule has 0 spiro atoms. The molecule has 0 aromatic heterocycles. The van der Waals surface area contributed by atoms with Crippen LogP contribution in [0, 0.1) is 5.92 Å². The van der Waals surface area contributed by atoms with Gasteiger partial charge in [0.05, 0.1) is 38.8 Å².